The summed E-state index contributed by atoms with van der Waals surface area (Å²) in [5.41, 5.74) is 4.03. The summed E-state index contributed by atoms with van der Waals surface area (Å²) in [6, 6.07) is 9.41. The van der Waals surface area contributed by atoms with Crippen LogP contribution in [0.5, 0.6) is 5.88 Å². The first-order valence-corrected chi connectivity index (χ1v) is 12.3. The Morgan fingerprint density at radius 3 is 2.64 bits per heavy atom. The highest BCUT2D eigenvalue weighted by molar-refractivity contribution is 6.08. The van der Waals surface area contributed by atoms with E-state index in [2.05, 4.69) is 42.6 Å². The summed E-state index contributed by atoms with van der Waals surface area (Å²) in [6.07, 6.45) is 3.15. The van der Waals surface area contributed by atoms with E-state index in [1.54, 1.807) is 12.3 Å². The van der Waals surface area contributed by atoms with Crippen molar-refractivity contribution in [3.8, 4) is 5.88 Å². The fourth-order valence-electron chi connectivity index (χ4n) is 4.57. The number of ether oxygens (including phenoxy) is 1. The number of pyridine rings is 2. The van der Waals surface area contributed by atoms with E-state index in [1.165, 1.54) is 6.20 Å². The zero-order valence-corrected chi connectivity index (χ0v) is 20.6. The standard InChI is InChI=1S/C26H31N7O3/c1-3-32-11-13-33(14-12-32)19-6-4-18(5-7-19)30-25(35)22-20(8-9-28-24(22)34)31-21-16-29-26-23(17(21)2)27-10-15-36-26/h4-9,16,27H,3,10-15H2,1-2H3,(H,30,35)(H2,28,31,34). The van der Waals surface area contributed by atoms with Crippen molar-refractivity contribution >= 4 is 34.3 Å². The first kappa shape index (κ1) is 23.7. The zero-order valence-electron chi connectivity index (χ0n) is 20.6. The lowest BCUT2D eigenvalue weighted by molar-refractivity contribution is 0.102. The van der Waals surface area contributed by atoms with Crippen LogP contribution in [-0.2, 0) is 0 Å². The lowest BCUT2D eigenvalue weighted by Gasteiger charge is -2.35. The molecule has 5 rings (SSSR count). The number of amides is 1. The van der Waals surface area contributed by atoms with E-state index in [0.717, 1.165) is 49.7 Å². The Morgan fingerprint density at radius 2 is 1.89 bits per heavy atom. The third-order valence-corrected chi connectivity index (χ3v) is 6.71. The van der Waals surface area contributed by atoms with Crippen LogP contribution >= 0.6 is 0 Å². The van der Waals surface area contributed by atoms with E-state index in [-0.39, 0.29) is 5.56 Å². The number of carbonyl (C=O) groups is 1. The molecule has 2 aromatic heterocycles. The number of hydrogen-bond acceptors (Lipinski definition) is 8. The number of aromatic amines is 1. The number of carbonyl (C=O) groups excluding carboxylic acids is 1. The van der Waals surface area contributed by atoms with Crippen molar-refractivity contribution in [2.75, 3.05) is 66.7 Å². The van der Waals surface area contributed by atoms with Gasteiger partial charge in [0.15, 0.2) is 0 Å². The fraction of sp³-hybridized carbons (Fsp3) is 0.346. The lowest BCUT2D eigenvalue weighted by atomic mass is 10.1. The van der Waals surface area contributed by atoms with Crippen molar-refractivity contribution in [3.63, 3.8) is 0 Å². The second kappa shape index (κ2) is 10.3. The monoisotopic (exact) mass is 489 g/mol. The second-order valence-corrected chi connectivity index (χ2v) is 8.90. The molecular formula is C26H31N7O3. The van der Waals surface area contributed by atoms with Crippen LogP contribution in [-0.4, -0.2) is 66.7 Å². The Morgan fingerprint density at radius 1 is 1.11 bits per heavy atom. The Labute approximate surface area is 209 Å². The highest BCUT2D eigenvalue weighted by atomic mass is 16.5. The summed E-state index contributed by atoms with van der Waals surface area (Å²) >= 11 is 0. The molecule has 0 saturated carbocycles. The highest BCUT2D eigenvalue weighted by Gasteiger charge is 2.21. The number of likely N-dealkylation sites (N-methyl/N-ethyl adjacent to an activating group) is 1. The molecule has 3 aromatic rings. The van der Waals surface area contributed by atoms with Crippen LogP contribution in [0.3, 0.4) is 0 Å². The van der Waals surface area contributed by atoms with E-state index in [9.17, 15) is 9.59 Å². The largest absolute Gasteiger partial charge is 0.474 e. The molecule has 1 amide bonds. The molecule has 2 aliphatic heterocycles. The van der Waals surface area contributed by atoms with Gasteiger partial charge in [-0.3, -0.25) is 9.59 Å². The van der Waals surface area contributed by atoms with Crippen LogP contribution < -0.4 is 31.1 Å². The molecule has 0 atom stereocenters. The van der Waals surface area contributed by atoms with Gasteiger partial charge in [0.25, 0.3) is 11.5 Å². The number of rotatable bonds is 6. The van der Waals surface area contributed by atoms with Crippen molar-refractivity contribution in [1.29, 1.82) is 0 Å². The van der Waals surface area contributed by atoms with Crippen LogP contribution in [0, 0.1) is 6.92 Å². The minimum atomic E-state index is -0.492. The van der Waals surface area contributed by atoms with Crippen molar-refractivity contribution < 1.29 is 9.53 Å². The van der Waals surface area contributed by atoms with Gasteiger partial charge in [-0.25, -0.2) is 4.98 Å². The molecule has 0 radical (unpaired) electrons. The van der Waals surface area contributed by atoms with Crippen LogP contribution in [0.25, 0.3) is 0 Å². The topological polar surface area (TPSA) is 115 Å². The molecule has 0 spiro atoms. The predicted molar refractivity (Wildman–Crippen MR) is 142 cm³/mol. The summed E-state index contributed by atoms with van der Waals surface area (Å²) < 4.78 is 5.59. The number of nitrogens with one attached hydrogen (secondary N) is 4. The van der Waals surface area contributed by atoms with Gasteiger partial charge in [-0.15, -0.1) is 0 Å². The summed E-state index contributed by atoms with van der Waals surface area (Å²) in [6.45, 7) is 10.5. The number of piperazine rings is 1. The van der Waals surface area contributed by atoms with Gasteiger partial charge in [-0.2, -0.15) is 0 Å². The molecule has 0 bridgehead atoms. The first-order chi connectivity index (χ1) is 17.5. The summed E-state index contributed by atoms with van der Waals surface area (Å²) in [4.78, 5) is 37.6. The normalized spacial score (nSPS) is 15.4. The SMILES string of the molecule is CCN1CCN(c2ccc(NC(=O)c3c(Nc4cnc5c(c4C)NCCO5)cc[nH]c3=O)cc2)CC1. The maximum absolute atomic E-state index is 13.2. The van der Waals surface area contributed by atoms with Crippen LogP contribution in [0.2, 0.25) is 0 Å². The average Bonchev–Trinajstić information content (AvgIpc) is 2.91. The molecule has 188 valence electrons. The van der Waals surface area contributed by atoms with E-state index < -0.39 is 11.5 Å². The maximum Gasteiger partial charge on any atom is 0.263 e. The van der Waals surface area contributed by atoms with Gasteiger partial charge in [0.05, 0.1) is 17.6 Å². The van der Waals surface area contributed by atoms with E-state index in [4.69, 9.17) is 4.74 Å². The Bertz CT molecular complexity index is 1300. The molecule has 4 heterocycles. The highest BCUT2D eigenvalue weighted by Crippen LogP contribution is 2.34. The minimum absolute atomic E-state index is 0.00130. The molecular weight excluding hydrogens is 458 g/mol. The van der Waals surface area contributed by atoms with Crippen molar-refractivity contribution in [1.82, 2.24) is 14.9 Å². The molecule has 10 heteroatoms. The van der Waals surface area contributed by atoms with Crippen molar-refractivity contribution in [3.05, 3.63) is 64.2 Å². The molecule has 36 heavy (non-hydrogen) atoms. The summed E-state index contributed by atoms with van der Waals surface area (Å²) in [5.74, 6) is 0.0533. The quantitative estimate of drug-likeness (QED) is 0.418. The molecule has 10 nitrogen and oxygen atoms in total. The van der Waals surface area contributed by atoms with E-state index in [0.29, 0.717) is 36.1 Å². The third-order valence-electron chi connectivity index (χ3n) is 6.71. The maximum atomic E-state index is 13.2. The second-order valence-electron chi connectivity index (χ2n) is 8.90. The van der Waals surface area contributed by atoms with E-state index in [1.807, 2.05) is 31.2 Å². The molecule has 2 aliphatic rings. The van der Waals surface area contributed by atoms with Gasteiger partial charge in [-0.1, -0.05) is 6.92 Å². The number of hydrogen-bond donors (Lipinski definition) is 4. The zero-order chi connectivity index (χ0) is 25.1. The van der Waals surface area contributed by atoms with Gasteiger partial charge in [0.2, 0.25) is 5.88 Å². The third kappa shape index (κ3) is 4.85. The molecule has 1 aromatic carbocycles. The number of H-pyrrole nitrogens is 1. The van der Waals surface area contributed by atoms with Crippen LogP contribution in [0.1, 0.15) is 22.8 Å². The smallest absolute Gasteiger partial charge is 0.263 e. The van der Waals surface area contributed by atoms with Gasteiger partial charge in [-0.05, 0) is 43.8 Å². The van der Waals surface area contributed by atoms with Gasteiger partial charge < -0.3 is 35.5 Å². The number of benzene rings is 1. The Balaban J connectivity index is 1.32. The van der Waals surface area contributed by atoms with Gasteiger partial charge >= 0.3 is 0 Å². The van der Waals surface area contributed by atoms with Gasteiger partial charge in [0.1, 0.15) is 17.9 Å². The number of anilines is 5. The summed E-state index contributed by atoms with van der Waals surface area (Å²) in [7, 11) is 0. The molecule has 1 fully saturated rings. The van der Waals surface area contributed by atoms with Crippen LogP contribution in [0.4, 0.5) is 28.4 Å². The lowest BCUT2D eigenvalue weighted by Crippen LogP contribution is -2.46. The fourth-order valence-corrected chi connectivity index (χ4v) is 4.57. The van der Waals surface area contributed by atoms with E-state index >= 15 is 0 Å². The van der Waals surface area contributed by atoms with Crippen LogP contribution in [0.15, 0.2) is 47.5 Å². The number of aromatic nitrogens is 2. The molecule has 0 aliphatic carbocycles. The molecule has 1 saturated heterocycles. The number of fused-ring (bicyclic) bond motifs is 1. The Kier molecular flexibility index (Phi) is 6.77. The van der Waals surface area contributed by atoms with Crippen molar-refractivity contribution in [2.45, 2.75) is 13.8 Å². The van der Waals surface area contributed by atoms with Crippen molar-refractivity contribution in [2.24, 2.45) is 0 Å². The molecule has 0 unspecified atom stereocenters. The Hall–Kier alpha value is -4.05. The first-order valence-electron chi connectivity index (χ1n) is 12.3. The number of nitrogens with zero attached hydrogens (tertiary/aromatic N) is 3. The van der Waals surface area contributed by atoms with Gasteiger partial charge in [0, 0.05) is 55.9 Å². The predicted octanol–water partition coefficient (Wildman–Crippen LogP) is 3.02. The minimum Gasteiger partial charge on any atom is -0.474 e. The summed E-state index contributed by atoms with van der Waals surface area (Å²) in [5, 5.41) is 9.36. The molecule has 4 N–H and O–H groups in total. The average molecular weight is 490 g/mol.